The van der Waals surface area contributed by atoms with Crippen LogP contribution in [0.15, 0.2) is 18.3 Å². The van der Waals surface area contributed by atoms with E-state index in [4.69, 9.17) is 0 Å². The van der Waals surface area contributed by atoms with Gasteiger partial charge in [0, 0.05) is 31.9 Å². The molecule has 0 spiro atoms. The largest absolute Gasteiger partial charge is 0.310 e. The van der Waals surface area contributed by atoms with Gasteiger partial charge >= 0.3 is 0 Å². The van der Waals surface area contributed by atoms with Gasteiger partial charge in [-0.1, -0.05) is 18.9 Å². The Morgan fingerprint density at radius 3 is 2.65 bits per heavy atom. The number of pyridine rings is 1. The molecule has 0 bridgehead atoms. The first-order valence-electron chi connectivity index (χ1n) is 8.15. The molecule has 2 saturated carbocycles. The van der Waals surface area contributed by atoms with Gasteiger partial charge in [-0.05, 0) is 50.3 Å². The molecule has 3 nitrogen and oxygen atoms in total. The zero-order valence-electron chi connectivity index (χ0n) is 12.6. The van der Waals surface area contributed by atoms with Crippen LogP contribution in [0.3, 0.4) is 0 Å². The third-order valence-electron chi connectivity index (χ3n) is 4.53. The Balaban J connectivity index is 1.43. The normalized spacial score (nSPS) is 19.9. The molecule has 0 unspecified atom stereocenters. The molecular formula is C17H27N3. The maximum atomic E-state index is 4.61. The number of hydrogen-bond acceptors (Lipinski definition) is 3. The molecule has 3 heteroatoms. The summed E-state index contributed by atoms with van der Waals surface area (Å²) in [6.45, 7) is 3.18. The fourth-order valence-electron chi connectivity index (χ4n) is 3.18. The fraction of sp³-hybridized carbons (Fsp3) is 0.706. The van der Waals surface area contributed by atoms with E-state index in [9.17, 15) is 0 Å². The zero-order valence-corrected chi connectivity index (χ0v) is 12.6. The van der Waals surface area contributed by atoms with Crippen molar-refractivity contribution in [3.63, 3.8) is 0 Å². The topological polar surface area (TPSA) is 28.2 Å². The Bertz CT molecular complexity index is 405. The van der Waals surface area contributed by atoms with Gasteiger partial charge in [-0.2, -0.15) is 0 Å². The third kappa shape index (κ3) is 4.29. The van der Waals surface area contributed by atoms with Crippen LogP contribution in [-0.2, 0) is 13.1 Å². The summed E-state index contributed by atoms with van der Waals surface area (Å²) in [6, 6.07) is 5.18. The Morgan fingerprint density at radius 1 is 1.20 bits per heavy atom. The van der Waals surface area contributed by atoms with Crippen LogP contribution < -0.4 is 5.32 Å². The van der Waals surface area contributed by atoms with Crippen molar-refractivity contribution in [1.29, 1.82) is 0 Å². The lowest BCUT2D eigenvalue weighted by atomic mass is 10.1. The van der Waals surface area contributed by atoms with E-state index in [1.807, 2.05) is 6.20 Å². The van der Waals surface area contributed by atoms with E-state index in [-0.39, 0.29) is 0 Å². The van der Waals surface area contributed by atoms with Crippen molar-refractivity contribution in [3.05, 3.63) is 29.6 Å². The van der Waals surface area contributed by atoms with Crippen molar-refractivity contribution in [3.8, 4) is 0 Å². The minimum absolute atomic E-state index is 0.771. The monoisotopic (exact) mass is 273 g/mol. The molecule has 0 radical (unpaired) electrons. The molecule has 1 heterocycles. The van der Waals surface area contributed by atoms with Gasteiger partial charge in [0.2, 0.25) is 0 Å². The van der Waals surface area contributed by atoms with Gasteiger partial charge in [0.05, 0.1) is 5.69 Å². The Labute approximate surface area is 122 Å². The zero-order chi connectivity index (χ0) is 13.8. The highest BCUT2D eigenvalue weighted by atomic mass is 15.1. The van der Waals surface area contributed by atoms with E-state index in [0.717, 1.165) is 25.0 Å². The average molecular weight is 273 g/mol. The van der Waals surface area contributed by atoms with Crippen LogP contribution in [-0.4, -0.2) is 29.5 Å². The maximum Gasteiger partial charge on any atom is 0.0544 e. The molecule has 20 heavy (non-hydrogen) atoms. The lowest BCUT2D eigenvalue weighted by molar-refractivity contribution is 0.268. The highest BCUT2D eigenvalue weighted by molar-refractivity contribution is 5.14. The second-order valence-electron chi connectivity index (χ2n) is 6.66. The molecule has 1 aromatic rings. The van der Waals surface area contributed by atoms with E-state index in [1.165, 1.54) is 56.3 Å². The van der Waals surface area contributed by atoms with Crippen LogP contribution in [0.25, 0.3) is 0 Å². The van der Waals surface area contributed by atoms with Crippen LogP contribution in [0.1, 0.15) is 49.8 Å². The van der Waals surface area contributed by atoms with Crippen molar-refractivity contribution in [2.24, 2.45) is 5.92 Å². The lowest BCUT2D eigenvalue weighted by Gasteiger charge is -2.20. The van der Waals surface area contributed by atoms with Gasteiger partial charge in [-0.3, -0.25) is 4.98 Å². The van der Waals surface area contributed by atoms with Gasteiger partial charge in [0.1, 0.15) is 0 Å². The molecule has 2 fully saturated rings. The fourth-order valence-corrected chi connectivity index (χ4v) is 3.18. The Kier molecular flexibility index (Phi) is 4.69. The summed E-state index contributed by atoms with van der Waals surface area (Å²) in [5.41, 5.74) is 2.50. The highest BCUT2D eigenvalue weighted by Crippen LogP contribution is 2.25. The Morgan fingerprint density at radius 2 is 2.00 bits per heavy atom. The van der Waals surface area contributed by atoms with Crippen molar-refractivity contribution in [2.45, 2.75) is 57.7 Å². The number of hydrogen-bond donors (Lipinski definition) is 1. The second kappa shape index (κ2) is 6.68. The smallest absolute Gasteiger partial charge is 0.0544 e. The van der Waals surface area contributed by atoms with Gasteiger partial charge in [-0.15, -0.1) is 0 Å². The summed E-state index contributed by atoms with van der Waals surface area (Å²) in [5, 5.41) is 3.53. The molecule has 3 rings (SSSR count). The summed E-state index contributed by atoms with van der Waals surface area (Å²) in [4.78, 5) is 7.04. The first-order chi connectivity index (χ1) is 9.79. The molecular weight excluding hydrogens is 246 g/mol. The summed E-state index contributed by atoms with van der Waals surface area (Å²) in [7, 11) is 2.22. The number of aromatic nitrogens is 1. The Hall–Kier alpha value is -0.930. The summed E-state index contributed by atoms with van der Waals surface area (Å²) < 4.78 is 0. The molecule has 0 aliphatic heterocycles. The predicted molar refractivity (Wildman–Crippen MR) is 82.4 cm³/mol. The van der Waals surface area contributed by atoms with Crippen molar-refractivity contribution in [2.75, 3.05) is 13.6 Å². The molecule has 0 saturated heterocycles. The number of nitrogens with one attached hydrogen (secondary N) is 1. The van der Waals surface area contributed by atoms with Crippen molar-refractivity contribution in [1.82, 2.24) is 15.2 Å². The molecule has 2 aliphatic carbocycles. The van der Waals surface area contributed by atoms with Crippen LogP contribution in [0.2, 0.25) is 0 Å². The maximum absolute atomic E-state index is 4.61. The molecule has 110 valence electrons. The van der Waals surface area contributed by atoms with Crippen LogP contribution in [0.5, 0.6) is 0 Å². The number of nitrogens with zero attached hydrogens (tertiary/aromatic N) is 2. The molecule has 1 aromatic heterocycles. The van der Waals surface area contributed by atoms with Crippen LogP contribution >= 0.6 is 0 Å². The molecule has 0 aromatic carbocycles. The first kappa shape index (κ1) is 14.0. The van der Waals surface area contributed by atoms with E-state index in [1.54, 1.807) is 0 Å². The second-order valence-corrected chi connectivity index (χ2v) is 6.66. The molecule has 2 aliphatic rings. The molecule has 0 amide bonds. The van der Waals surface area contributed by atoms with E-state index < -0.39 is 0 Å². The summed E-state index contributed by atoms with van der Waals surface area (Å²) in [5.74, 6) is 0.919. The van der Waals surface area contributed by atoms with Crippen LogP contribution in [0, 0.1) is 5.92 Å². The first-order valence-corrected chi connectivity index (χ1v) is 8.15. The summed E-state index contributed by atoms with van der Waals surface area (Å²) in [6.07, 6.45) is 10.4. The van der Waals surface area contributed by atoms with E-state index in [2.05, 4.69) is 34.4 Å². The molecule has 1 N–H and O–H groups in total. The average Bonchev–Trinajstić information content (AvgIpc) is 3.14. The van der Waals surface area contributed by atoms with Gasteiger partial charge in [0.15, 0.2) is 0 Å². The number of rotatable bonds is 7. The highest BCUT2D eigenvalue weighted by Gasteiger charge is 2.20. The van der Waals surface area contributed by atoms with Crippen molar-refractivity contribution >= 4 is 0 Å². The standard InChI is InChI=1S/C17H27N3/c1-20(12-14-4-2-3-5-14)13-17-7-6-15(11-19-17)10-18-16-8-9-16/h6-7,11,14,16,18H,2-5,8-10,12-13H2,1H3. The van der Waals surface area contributed by atoms with Gasteiger partial charge in [0.25, 0.3) is 0 Å². The molecule has 0 atom stereocenters. The quantitative estimate of drug-likeness (QED) is 0.828. The van der Waals surface area contributed by atoms with Crippen molar-refractivity contribution < 1.29 is 0 Å². The summed E-state index contributed by atoms with van der Waals surface area (Å²) >= 11 is 0. The lowest BCUT2D eigenvalue weighted by Crippen LogP contribution is -2.24. The predicted octanol–water partition coefficient (Wildman–Crippen LogP) is 2.96. The minimum atomic E-state index is 0.771. The SMILES string of the molecule is CN(Cc1ccc(CNC2CC2)cn1)CC1CCCC1. The van der Waals surface area contributed by atoms with E-state index in [0.29, 0.717) is 0 Å². The minimum Gasteiger partial charge on any atom is -0.310 e. The van der Waals surface area contributed by atoms with Gasteiger partial charge in [-0.25, -0.2) is 0 Å². The van der Waals surface area contributed by atoms with E-state index >= 15 is 0 Å². The van der Waals surface area contributed by atoms with Crippen LogP contribution in [0.4, 0.5) is 0 Å². The third-order valence-corrected chi connectivity index (χ3v) is 4.53. The van der Waals surface area contributed by atoms with Gasteiger partial charge < -0.3 is 10.2 Å².